The fourth-order valence-electron chi connectivity index (χ4n) is 1.72. The van der Waals surface area contributed by atoms with E-state index in [9.17, 15) is 22.0 Å². The summed E-state index contributed by atoms with van der Waals surface area (Å²) >= 11 is 0. The molecule has 0 aliphatic rings. The van der Waals surface area contributed by atoms with Gasteiger partial charge in [-0.1, -0.05) is 6.07 Å². The van der Waals surface area contributed by atoms with Crippen molar-refractivity contribution in [3.63, 3.8) is 0 Å². The summed E-state index contributed by atoms with van der Waals surface area (Å²) < 4.78 is 71.8. The van der Waals surface area contributed by atoms with Crippen molar-refractivity contribution in [1.82, 2.24) is 10.3 Å². The van der Waals surface area contributed by atoms with Crippen molar-refractivity contribution in [3.05, 3.63) is 36.2 Å². The first-order valence-electron chi connectivity index (χ1n) is 6.47. The Labute approximate surface area is 128 Å². The summed E-state index contributed by atoms with van der Waals surface area (Å²) in [6.45, 7) is -1.81. The van der Waals surface area contributed by atoms with Crippen molar-refractivity contribution in [2.45, 2.75) is 18.6 Å². The number of rotatable bonds is 6. The van der Waals surface area contributed by atoms with Gasteiger partial charge in [0.1, 0.15) is 12.0 Å². The number of oxazole rings is 1. The highest BCUT2D eigenvalue weighted by atomic mass is 19.4. The van der Waals surface area contributed by atoms with Crippen molar-refractivity contribution in [1.29, 1.82) is 0 Å². The van der Waals surface area contributed by atoms with Crippen LogP contribution >= 0.6 is 0 Å². The fraction of sp³-hybridized carbons (Fsp3) is 0.357. The summed E-state index contributed by atoms with van der Waals surface area (Å²) in [6.07, 6.45) is -4.40. The van der Waals surface area contributed by atoms with E-state index in [1.807, 2.05) is 5.32 Å². The van der Waals surface area contributed by atoms with E-state index in [4.69, 9.17) is 9.15 Å². The van der Waals surface area contributed by atoms with Gasteiger partial charge in [-0.2, -0.15) is 22.0 Å². The number of nitrogens with zero attached hydrogens (tertiary/aromatic N) is 1. The van der Waals surface area contributed by atoms with Gasteiger partial charge in [0.2, 0.25) is 5.89 Å². The number of halogens is 5. The first kappa shape index (κ1) is 17.2. The molecule has 1 heterocycles. The number of aromatic nitrogens is 1. The van der Waals surface area contributed by atoms with Crippen LogP contribution in [0.2, 0.25) is 0 Å². The predicted octanol–water partition coefficient (Wildman–Crippen LogP) is 3.64. The molecule has 1 aromatic heterocycles. The van der Waals surface area contributed by atoms with Crippen LogP contribution in [-0.4, -0.2) is 30.7 Å². The third-order valence-corrected chi connectivity index (χ3v) is 2.94. The van der Waals surface area contributed by atoms with Gasteiger partial charge in [-0.05, 0) is 18.2 Å². The molecule has 2 aromatic rings. The third kappa shape index (κ3) is 4.19. The summed E-state index contributed by atoms with van der Waals surface area (Å²) in [5.74, 6) is -4.01. The van der Waals surface area contributed by atoms with Crippen LogP contribution in [0.3, 0.4) is 0 Å². The van der Waals surface area contributed by atoms with Crippen molar-refractivity contribution < 1.29 is 31.1 Å². The molecule has 0 unspecified atom stereocenters. The van der Waals surface area contributed by atoms with E-state index < -0.39 is 18.6 Å². The van der Waals surface area contributed by atoms with Gasteiger partial charge < -0.3 is 14.5 Å². The van der Waals surface area contributed by atoms with Gasteiger partial charge in [-0.15, -0.1) is 0 Å². The van der Waals surface area contributed by atoms with Crippen LogP contribution in [0, 0.1) is 0 Å². The molecule has 0 aliphatic carbocycles. The summed E-state index contributed by atoms with van der Waals surface area (Å²) in [7, 11) is 1.49. The van der Waals surface area contributed by atoms with Crippen molar-refractivity contribution in [3.8, 4) is 17.2 Å². The standard InChI is InChI=1S/C14H13F5N2O2/c1-22-11-4-2-3-9(5-11)12-21-10(7-23-12)6-20-8-13(15,16)14(17,18)19/h2-5,7,20H,6,8H2,1H3. The van der Waals surface area contributed by atoms with Crippen molar-refractivity contribution in [2.75, 3.05) is 13.7 Å². The lowest BCUT2D eigenvalue weighted by atomic mass is 10.2. The normalized spacial score (nSPS) is 12.4. The minimum Gasteiger partial charge on any atom is -0.497 e. The van der Waals surface area contributed by atoms with Gasteiger partial charge in [0.15, 0.2) is 0 Å². The molecule has 2 rings (SSSR count). The quantitative estimate of drug-likeness (QED) is 0.818. The van der Waals surface area contributed by atoms with Gasteiger partial charge >= 0.3 is 12.1 Å². The van der Waals surface area contributed by atoms with Crippen LogP contribution in [-0.2, 0) is 6.54 Å². The first-order valence-corrected chi connectivity index (χ1v) is 6.47. The molecule has 0 fully saturated rings. The number of benzene rings is 1. The molecule has 4 nitrogen and oxygen atoms in total. The largest absolute Gasteiger partial charge is 0.497 e. The Bertz CT molecular complexity index is 655. The predicted molar refractivity (Wildman–Crippen MR) is 71.2 cm³/mol. The average Bonchev–Trinajstić information content (AvgIpc) is 2.95. The third-order valence-electron chi connectivity index (χ3n) is 2.94. The Morgan fingerprint density at radius 3 is 2.61 bits per heavy atom. The zero-order valence-electron chi connectivity index (χ0n) is 12.0. The Morgan fingerprint density at radius 2 is 1.96 bits per heavy atom. The highest BCUT2D eigenvalue weighted by Crippen LogP contribution is 2.34. The average molecular weight is 336 g/mol. The van der Waals surface area contributed by atoms with Crippen LogP contribution in [0.5, 0.6) is 5.75 Å². The maximum absolute atomic E-state index is 12.7. The first-order chi connectivity index (χ1) is 10.7. The Morgan fingerprint density at radius 1 is 1.22 bits per heavy atom. The van der Waals surface area contributed by atoms with Gasteiger partial charge in [0.25, 0.3) is 0 Å². The number of hydrogen-bond donors (Lipinski definition) is 1. The Balaban J connectivity index is 1.98. The van der Waals surface area contributed by atoms with Crippen molar-refractivity contribution in [2.24, 2.45) is 0 Å². The molecule has 0 saturated heterocycles. The molecule has 0 atom stereocenters. The highest BCUT2D eigenvalue weighted by Gasteiger charge is 2.56. The van der Waals surface area contributed by atoms with Crippen LogP contribution in [0.15, 0.2) is 34.9 Å². The molecular formula is C14H13F5N2O2. The number of hydrogen-bond acceptors (Lipinski definition) is 4. The monoisotopic (exact) mass is 336 g/mol. The van der Waals surface area contributed by atoms with E-state index in [0.29, 0.717) is 11.3 Å². The molecule has 1 aromatic carbocycles. The maximum atomic E-state index is 12.7. The molecule has 0 saturated carbocycles. The molecular weight excluding hydrogens is 323 g/mol. The summed E-state index contributed by atoms with van der Waals surface area (Å²) in [4.78, 5) is 4.03. The molecule has 0 amide bonds. The second-order valence-electron chi connectivity index (χ2n) is 4.68. The molecule has 0 spiro atoms. The van der Waals surface area contributed by atoms with E-state index in [2.05, 4.69) is 4.98 Å². The maximum Gasteiger partial charge on any atom is 0.454 e. The SMILES string of the molecule is COc1cccc(-c2nc(CNCC(F)(F)C(F)(F)F)co2)c1. The number of alkyl halides is 5. The minimum atomic E-state index is -5.59. The van der Waals surface area contributed by atoms with Crippen LogP contribution < -0.4 is 10.1 Å². The van der Waals surface area contributed by atoms with Gasteiger partial charge in [-0.3, -0.25) is 0 Å². The smallest absolute Gasteiger partial charge is 0.454 e. The topological polar surface area (TPSA) is 47.3 Å². The number of nitrogens with one attached hydrogen (secondary N) is 1. The molecule has 23 heavy (non-hydrogen) atoms. The molecule has 9 heteroatoms. The van der Waals surface area contributed by atoms with Crippen LogP contribution in [0.1, 0.15) is 5.69 Å². The Hall–Kier alpha value is -2.16. The summed E-state index contributed by atoms with van der Waals surface area (Å²) in [5, 5.41) is 2.02. The van der Waals surface area contributed by atoms with E-state index in [1.54, 1.807) is 24.3 Å². The second kappa shape index (κ2) is 6.53. The van der Waals surface area contributed by atoms with Gasteiger partial charge in [0, 0.05) is 12.1 Å². The molecule has 1 N–H and O–H groups in total. The van der Waals surface area contributed by atoms with Crippen LogP contribution in [0.4, 0.5) is 22.0 Å². The van der Waals surface area contributed by atoms with Gasteiger partial charge in [0.05, 0.1) is 19.3 Å². The minimum absolute atomic E-state index is 0.209. The zero-order chi connectivity index (χ0) is 17.1. The highest BCUT2D eigenvalue weighted by molar-refractivity contribution is 5.55. The molecule has 0 aliphatic heterocycles. The van der Waals surface area contributed by atoms with E-state index in [-0.39, 0.29) is 18.1 Å². The zero-order valence-corrected chi connectivity index (χ0v) is 12.0. The summed E-state index contributed by atoms with van der Waals surface area (Å²) in [5.41, 5.74) is 0.803. The number of ether oxygens (including phenoxy) is 1. The van der Waals surface area contributed by atoms with E-state index in [1.165, 1.54) is 13.4 Å². The lowest BCUT2D eigenvalue weighted by Crippen LogP contribution is -2.45. The fourth-order valence-corrected chi connectivity index (χ4v) is 1.72. The molecule has 0 bridgehead atoms. The number of methoxy groups -OCH3 is 1. The lowest BCUT2D eigenvalue weighted by Gasteiger charge is -2.19. The van der Waals surface area contributed by atoms with Crippen LogP contribution in [0.25, 0.3) is 11.5 Å². The van der Waals surface area contributed by atoms with Crippen molar-refractivity contribution >= 4 is 0 Å². The van der Waals surface area contributed by atoms with Gasteiger partial charge in [-0.25, -0.2) is 4.98 Å². The molecule has 0 radical (unpaired) electrons. The lowest BCUT2D eigenvalue weighted by molar-refractivity contribution is -0.279. The second-order valence-corrected chi connectivity index (χ2v) is 4.68. The van der Waals surface area contributed by atoms with E-state index >= 15 is 0 Å². The summed E-state index contributed by atoms with van der Waals surface area (Å²) in [6, 6.07) is 6.78. The Kier molecular flexibility index (Phi) is 4.88. The van der Waals surface area contributed by atoms with E-state index in [0.717, 1.165) is 0 Å². The molecule has 126 valence electrons.